The Hall–Kier alpha value is -1.30. The number of aryl methyl sites for hydroxylation is 1. The fourth-order valence-corrected chi connectivity index (χ4v) is 0.928. The zero-order chi connectivity index (χ0) is 9.19. The van der Waals surface area contributed by atoms with Gasteiger partial charge in [0, 0.05) is 12.7 Å². The average Bonchev–Trinajstić information content (AvgIpc) is 2.52. The first-order valence-electron chi connectivity index (χ1n) is 4.05. The van der Waals surface area contributed by atoms with Gasteiger partial charge in [0.2, 0.25) is 0 Å². The molecule has 64 valence electrons. The Morgan fingerprint density at radius 2 is 2.33 bits per heavy atom. The van der Waals surface area contributed by atoms with Crippen LogP contribution >= 0.6 is 0 Å². The lowest BCUT2D eigenvalue weighted by Gasteiger charge is -2.10. The van der Waals surface area contributed by atoms with Crippen molar-refractivity contribution in [3.8, 4) is 6.07 Å². The summed E-state index contributed by atoms with van der Waals surface area (Å²) >= 11 is 0. The molecule has 1 rings (SSSR count). The first-order chi connectivity index (χ1) is 5.60. The highest BCUT2D eigenvalue weighted by molar-refractivity contribution is 5.21. The second-order valence-corrected chi connectivity index (χ2v) is 3.29. The van der Waals surface area contributed by atoms with Gasteiger partial charge >= 0.3 is 0 Å². The molecule has 1 aromatic heterocycles. The lowest BCUT2D eigenvalue weighted by atomic mass is 9.92. The highest BCUT2D eigenvalue weighted by atomic mass is 15.3. The van der Waals surface area contributed by atoms with Crippen molar-refractivity contribution < 1.29 is 0 Å². The molecule has 0 aliphatic carbocycles. The van der Waals surface area contributed by atoms with Crippen LogP contribution in [0.25, 0.3) is 0 Å². The van der Waals surface area contributed by atoms with Gasteiger partial charge in [-0.25, -0.2) is 0 Å². The summed E-state index contributed by atoms with van der Waals surface area (Å²) in [6, 6.07) is 4.11. The van der Waals surface area contributed by atoms with Crippen LogP contribution in [0.5, 0.6) is 0 Å². The molecule has 0 N–H and O–H groups in total. The zero-order valence-corrected chi connectivity index (χ0v) is 7.70. The van der Waals surface area contributed by atoms with E-state index in [1.54, 1.807) is 0 Å². The second-order valence-electron chi connectivity index (χ2n) is 3.29. The quantitative estimate of drug-likeness (QED) is 0.666. The van der Waals surface area contributed by atoms with Crippen molar-refractivity contribution in [1.29, 1.82) is 5.26 Å². The SMILES string of the molecule is CCn1ccc(C(C)(C)C#N)n1. The molecule has 0 aliphatic rings. The maximum atomic E-state index is 8.83. The van der Waals surface area contributed by atoms with Gasteiger partial charge in [0.25, 0.3) is 0 Å². The lowest BCUT2D eigenvalue weighted by Crippen LogP contribution is -2.15. The molecule has 0 saturated heterocycles. The first-order valence-corrected chi connectivity index (χ1v) is 4.05. The van der Waals surface area contributed by atoms with E-state index in [0.717, 1.165) is 12.2 Å². The summed E-state index contributed by atoms with van der Waals surface area (Å²) in [5.74, 6) is 0. The fraction of sp³-hybridized carbons (Fsp3) is 0.556. The van der Waals surface area contributed by atoms with Crippen LogP contribution in [-0.2, 0) is 12.0 Å². The van der Waals surface area contributed by atoms with Crippen LogP contribution < -0.4 is 0 Å². The van der Waals surface area contributed by atoms with Crippen LogP contribution in [0, 0.1) is 11.3 Å². The predicted molar refractivity (Wildman–Crippen MR) is 46.5 cm³/mol. The van der Waals surface area contributed by atoms with E-state index in [9.17, 15) is 0 Å². The maximum Gasteiger partial charge on any atom is 0.0955 e. The number of nitriles is 1. The number of nitrogens with zero attached hydrogens (tertiary/aromatic N) is 3. The van der Waals surface area contributed by atoms with Crippen molar-refractivity contribution in [3.63, 3.8) is 0 Å². The Balaban J connectivity index is 2.98. The summed E-state index contributed by atoms with van der Waals surface area (Å²) in [6.07, 6.45) is 1.90. The first kappa shape index (κ1) is 8.79. The van der Waals surface area contributed by atoms with Crippen molar-refractivity contribution in [3.05, 3.63) is 18.0 Å². The minimum absolute atomic E-state index is 0.472. The second kappa shape index (κ2) is 2.98. The van der Waals surface area contributed by atoms with Gasteiger partial charge in [0.05, 0.1) is 17.2 Å². The minimum atomic E-state index is -0.472. The van der Waals surface area contributed by atoms with E-state index >= 15 is 0 Å². The zero-order valence-electron chi connectivity index (χ0n) is 7.70. The summed E-state index contributed by atoms with van der Waals surface area (Å²) in [5.41, 5.74) is 0.368. The van der Waals surface area contributed by atoms with Gasteiger partial charge in [-0.3, -0.25) is 4.68 Å². The van der Waals surface area contributed by atoms with E-state index in [1.165, 1.54) is 0 Å². The van der Waals surface area contributed by atoms with Crippen molar-refractivity contribution in [2.75, 3.05) is 0 Å². The molecular formula is C9H13N3. The molecule has 0 atom stereocenters. The molecule has 0 spiro atoms. The molecule has 3 nitrogen and oxygen atoms in total. The average molecular weight is 163 g/mol. The molecule has 12 heavy (non-hydrogen) atoms. The summed E-state index contributed by atoms with van der Waals surface area (Å²) in [4.78, 5) is 0. The van der Waals surface area contributed by atoms with E-state index in [2.05, 4.69) is 11.2 Å². The molecule has 0 bridgehead atoms. The van der Waals surface area contributed by atoms with Gasteiger partial charge in [-0.05, 0) is 26.8 Å². The summed E-state index contributed by atoms with van der Waals surface area (Å²) < 4.78 is 1.83. The van der Waals surface area contributed by atoms with Crippen LogP contribution in [0.15, 0.2) is 12.3 Å². The molecule has 0 aliphatic heterocycles. The third-order valence-corrected chi connectivity index (χ3v) is 1.88. The van der Waals surface area contributed by atoms with Crippen molar-refractivity contribution >= 4 is 0 Å². The third-order valence-electron chi connectivity index (χ3n) is 1.88. The molecule has 3 heteroatoms. The van der Waals surface area contributed by atoms with Gasteiger partial charge in [-0.15, -0.1) is 0 Å². The molecule has 0 amide bonds. The highest BCUT2D eigenvalue weighted by Crippen LogP contribution is 2.19. The van der Waals surface area contributed by atoms with Gasteiger partial charge in [-0.2, -0.15) is 10.4 Å². The number of hydrogen-bond acceptors (Lipinski definition) is 2. The maximum absolute atomic E-state index is 8.83. The Bertz CT molecular complexity index is 304. The third kappa shape index (κ3) is 1.48. The Morgan fingerprint density at radius 1 is 1.67 bits per heavy atom. The van der Waals surface area contributed by atoms with Crippen LogP contribution in [0.2, 0.25) is 0 Å². The van der Waals surface area contributed by atoms with Crippen molar-refractivity contribution in [1.82, 2.24) is 9.78 Å². The molecule has 0 radical (unpaired) electrons. The summed E-state index contributed by atoms with van der Waals surface area (Å²) in [6.45, 7) is 6.61. The summed E-state index contributed by atoms with van der Waals surface area (Å²) in [7, 11) is 0. The largest absolute Gasteiger partial charge is 0.273 e. The standard InChI is InChI=1S/C9H13N3/c1-4-12-6-5-8(11-12)9(2,3)7-10/h5-6H,4H2,1-3H3. The molecule has 1 heterocycles. The van der Waals surface area contributed by atoms with Crippen molar-refractivity contribution in [2.24, 2.45) is 0 Å². The van der Waals surface area contributed by atoms with Crippen LogP contribution in [0.1, 0.15) is 26.5 Å². The Labute approximate surface area is 72.6 Å². The summed E-state index contributed by atoms with van der Waals surface area (Å²) in [5, 5.41) is 13.1. The van der Waals surface area contributed by atoms with E-state index in [0.29, 0.717) is 0 Å². The molecule has 0 aromatic carbocycles. The fourth-order valence-electron chi connectivity index (χ4n) is 0.928. The molecule has 0 saturated carbocycles. The molecule has 0 unspecified atom stereocenters. The van der Waals surface area contributed by atoms with E-state index in [-0.39, 0.29) is 0 Å². The van der Waals surface area contributed by atoms with E-state index < -0.39 is 5.41 Å². The van der Waals surface area contributed by atoms with Gasteiger partial charge in [0.1, 0.15) is 0 Å². The highest BCUT2D eigenvalue weighted by Gasteiger charge is 2.22. The van der Waals surface area contributed by atoms with Crippen LogP contribution in [0.3, 0.4) is 0 Å². The van der Waals surface area contributed by atoms with E-state index in [1.807, 2.05) is 37.7 Å². The smallest absolute Gasteiger partial charge is 0.0955 e. The predicted octanol–water partition coefficient (Wildman–Crippen LogP) is 1.70. The normalized spacial score (nSPS) is 11.2. The Morgan fingerprint density at radius 3 is 2.75 bits per heavy atom. The van der Waals surface area contributed by atoms with Crippen LogP contribution in [-0.4, -0.2) is 9.78 Å². The molecular weight excluding hydrogens is 150 g/mol. The number of rotatable bonds is 2. The Kier molecular flexibility index (Phi) is 2.18. The molecule has 0 fully saturated rings. The monoisotopic (exact) mass is 163 g/mol. The number of hydrogen-bond donors (Lipinski definition) is 0. The van der Waals surface area contributed by atoms with Gasteiger partial charge in [-0.1, -0.05) is 0 Å². The van der Waals surface area contributed by atoms with E-state index in [4.69, 9.17) is 5.26 Å². The van der Waals surface area contributed by atoms with Gasteiger partial charge in [0.15, 0.2) is 0 Å². The minimum Gasteiger partial charge on any atom is -0.273 e. The topological polar surface area (TPSA) is 41.6 Å². The van der Waals surface area contributed by atoms with Crippen LogP contribution in [0.4, 0.5) is 0 Å². The van der Waals surface area contributed by atoms with Gasteiger partial charge < -0.3 is 0 Å². The lowest BCUT2D eigenvalue weighted by molar-refractivity contribution is 0.595. The number of aromatic nitrogens is 2. The van der Waals surface area contributed by atoms with Crippen molar-refractivity contribution in [2.45, 2.75) is 32.7 Å². The molecule has 1 aromatic rings.